The summed E-state index contributed by atoms with van der Waals surface area (Å²) < 4.78 is 1.74. The Labute approximate surface area is 146 Å². The zero-order chi connectivity index (χ0) is 17.5. The maximum absolute atomic E-state index is 9.52. The molecule has 120 valence electrons. The third kappa shape index (κ3) is 3.80. The van der Waals surface area contributed by atoms with Gasteiger partial charge < -0.3 is 0 Å². The Morgan fingerprint density at radius 3 is 2.56 bits per heavy atom. The molecule has 5 nitrogen and oxygen atoms in total. The molecule has 0 atom stereocenters. The number of nitriles is 2. The second kappa shape index (κ2) is 7.72. The maximum Gasteiger partial charge on any atom is 0.101 e. The van der Waals surface area contributed by atoms with Crippen molar-refractivity contribution in [3.63, 3.8) is 0 Å². The minimum atomic E-state index is 0.379. The van der Waals surface area contributed by atoms with Crippen molar-refractivity contribution in [1.82, 2.24) is 14.8 Å². The average molecular weight is 325 g/mol. The molecule has 0 N–H and O–H groups in total. The Morgan fingerprint density at radius 1 is 1.08 bits per heavy atom. The number of benzene rings is 1. The SMILES string of the molecule is N#CCCn1cc(C=C(C#N)c2ccccn2)c(-c2ccccc2)n1. The van der Waals surface area contributed by atoms with Crippen LogP contribution in [0.2, 0.25) is 0 Å². The summed E-state index contributed by atoms with van der Waals surface area (Å²) in [6, 6.07) is 19.6. The summed E-state index contributed by atoms with van der Waals surface area (Å²) in [5.74, 6) is 0. The van der Waals surface area contributed by atoms with Crippen LogP contribution in [0.25, 0.3) is 22.9 Å². The lowest BCUT2D eigenvalue weighted by atomic mass is 10.0. The summed E-state index contributed by atoms with van der Waals surface area (Å²) in [4.78, 5) is 4.24. The van der Waals surface area contributed by atoms with Crippen LogP contribution in [-0.4, -0.2) is 14.8 Å². The first-order valence-corrected chi connectivity index (χ1v) is 7.85. The Hall–Kier alpha value is -3.70. The standard InChI is InChI=1S/C20H15N5/c21-10-6-12-25-15-18(20(24-25)16-7-2-1-3-8-16)13-17(14-22)19-9-4-5-11-23-19/h1-5,7-9,11,13,15H,6,12H2. The third-order valence-electron chi connectivity index (χ3n) is 3.65. The number of hydrogen-bond donors (Lipinski definition) is 0. The van der Waals surface area contributed by atoms with Gasteiger partial charge in [-0.1, -0.05) is 36.4 Å². The predicted molar refractivity (Wildman–Crippen MR) is 95.6 cm³/mol. The molecule has 0 unspecified atom stereocenters. The summed E-state index contributed by atoms with van der Waals surface area (Å²) in [7, 11) is 0. The molecule has 0 aliphatic rings. The van der Waals surface area contributed by atoms with Gasteiger partial charge >= 0.3 is 0 Å². The van der Waals surface area contributed by atoms with Gasteiger partial charge in [-0.2, -0.15) is 15.6 Å². The number of pyridine rings is 1. The van der Waals surface area contributed by atoms with E-state index in [-0.39, 0.29) is 0 Å². The van der Waals surface area contributed by atoms with Gasteiger partial charge in [-0.25, -0.2) is 0 Å². The molecule has 0 radical (unpaired) electrons. The van der Waals surface area contributed by atoms with Crippen molar-refractivity contribution in [3.8, 4) is 23.4 Å². The summed E-state index contributed by atoms with van der Waals surface area (Å²) >= 11 is 0. The van der Waals surface area contributed by atoms with Gasteiger partial charge in [0.25, 0.3) is 0 Å². The van der Waals surface area contributed by atoms with E-state index in [0.29, 0.717) is 24.2 Å². The molecule has 5 heteroatoms. The number of rotatable bonds is 5. The first-order chi connectivity index (χ1) is 12.3. The number of allylic oxidation sites excluding steroid dienone is 1. The van der Waals surface area contributed by atoms with Gasteiger partial charge in [0.05, 0.1) is 36.0 Å². The van der Waals surface area contributed by atoms with E-state index in [2.05, 4.69) is 22.2 Å². The molecule has 0 aliphatic carbocycles. The van der Waals surface area contributed by atoms with E-state index in [4.69, 9.17) is 5.26 Å². The zero-order valence-electron chi connectivity index (χ0n) is 13.5. The van der Waals surface area contributed by atoms with E-state index in [9.17, 15) is 5.26 Å². The molecule has 0 saturated carbocycles. The van der Waals surface area contributed by atoms with Crippen LogP contribution in [0.15, 0.2) is 60.9 Å². The summed E-state index contributed by atoms with van der Waals surface area (Å²) in [5.41, 5.74) is 3.66. The van der Waals surface area contributed by atoms with Crippen LogP contribution >= 0.6 is 0 Å². The molecule has 3 rings (SSSR count). The molecule has 3 aromatic rings. The molecule has 25 heavy (non-hydrogen) atoms. The van der Waals surface area contributed by atoms with Crippen LogP contribution in [0.5, 0.6) is 0 Å². The molecular weight excluding hydrogens is 310 g/mol. The molecule has 0 bridgehead atoms. The van der Waals surface area contributed by atoms with Gasteiger partial charge in [-0.15, -0.1) is 0 Å². The molecule has 0 amide bonds. The summed E-state index contributed by atoms with van der Waals surface area (Å²) in [6.45, 7) is 0.510. The normalized spacial score (nSPS) is 10.9. The molecule has 2 heterocycles. The highest BCUT2D eigenvalue weighted by molar-refractivity contribution is 5.91. The fourth-order valence-corrected chi connectivity index (χ4v) is 2.48. The minimum Gasteiger partial charge on any atom is -0.270 e. The van der Waals surface area contributed by atoms with Gasteiger partial charge in [0.1, 0.15) is 6.07 Å². The second-order valence-corrected chi connectivity index (χ2v) is 5.36. The Morgan fingerprint density at radius 2 is 1.88 bits per heavy atom. The summed E-state index contributed by atoms with van der Waals surface area (Å²) in [5, 5.41) is 22.9. The Kier molecular flexibility index (Phi) is 4.99. The summed E-state index contributed by atoms with van der Waals surface area (Å²) in [6.07, 6.45) is 5.69. The third-order valence-corrected chi connectivity index (χ3v) is 3.65. The number of hydrogen-bond acceptors (Lipinski definition) is 4. The monoisotopic (exact) mass is 325 g/mol. The number of nitrogens with zero attached hydrogens (tertiary/aromatic N) is 5. The molecule has 0 fully saturated rings. The average Bonchev–Trinajstić information content (AvgIpc) is 3.08. The van der Waals surface area contributed by atoms with Crippen molar-refractivity contribution in [2.75, 3.05) is 0 Å². The van der Waals surface area contributed by atoms with Gasteiger partial charge in [0, 0.05) is 23.5 Å². The smallest absolute Gasteiger partial charge is 0.101 e. The van der Waals surface area contributed by atoms with E-state index >= 15 is 0 Å². The van der Waals surface area contributed by atoms with Gasteiger partial charge in [-0.05, 0) is 18.2 Å². The molecule has 0 aliphatic heterocycles. The highest BCUT2D eigenvalue weighted by Crippen LogP contribution is 2.26. The van der Waals surface area contributed by atoms with Crippen LogP contribution in [0.1, 0.15) is 17.7 Å². The van der Waals surface area contributed by atoms with Crippen molar-refractivity contribution in [2.24, 2.45) is 0 Å². The Bertz CT molecular complexity index is 957. The van der Waals surface area contributed by atoms with Crippen LogP contribution < -0.4 is 0 Å². The van der Waals surface area contributed by atoms with E-state index < -0.39 is 0 Å². The molecule has 1 aromatic carbocycles. The number of aryl methyl sites for hydroxylation is 1. The molecular formula is C20H15N5. The van der Waals surface area contributed by atoms with Gasteiger partial charge in [0.2, 0.25) is 0 Å². The van der Waals surface area contributed by atoms with Crippen LogP contribution in [-0.2, 0) is 6.54 Å². The van der Waals surface area contributed by atoms with E-state index in [0.717, 1.165) is 16.8 Å². The fourth-order valence-electron chi connectivity index (χ4n) is 2.48. The maximum atomic E-state index is 9.52. The van der Waals surface area contributed by atoms with Crippen LogP contribution in [0.4, 0.5) is 0 Å². The predicted octanol–water partition coefficient (Wildman–Crippen LogP) is 3.92. The zero-order valence-corrected chi connectivity index (χ0v) is 13.5. The topological polar surface area (TPSA) is 78.3 Å². The van der Waals surface area contributed by atoms with E-state index in [1.165, 1.54) is 0 Å². The first kappa shape index (κ1) is 16.2. The van der Waals surface area contributed by atoms with E-state index in [1.54, 1.807) is 23.0 Å². The lowest BCUT2D eigenvalue weighted by Crippen LogP contribution is -1.97. The first-order valence-electron chi connectivity index (χ1n) is 7.85. The molecule has 0 spiro atoms. The lowest BCUT2D eigenvalue weighted by molar-refractivity contribution is 0.629. The second-order valence-electron chi connectivity index (χ2n) is 5.36. The Balaban J connectivity index is 2.08. The van der Waals surface area contributed by atoms with Crippen LogP contribution in [0.3, 0.4) is 0 Å². The van der Waals surface area contributed by atoms with Crippen molar-refractivity contribution >= 4 is 11.6 Å². The van der Waals surface area contributed by atoms with Crippen molar-refractivity contribution in [1.29, 1.82) is 10.5 Å². The van der Waals surface area contributed by atoms with Gasteiger partial charge in [0.15, 0.2) is 0 Å². The highest BCUT2D eigenvalue weighted by Gasteiger charge is 2.11. The van der Waals surface area contributed by atoms with Crippen molar-refractivity contribution in [3.05, 3.63) is 72.2 Å². The highest BCUT2D eigenvalue weighted by atomic mass is 15.3. The minimum absolute atomic E-state index is 0.379. The van der Waals surface area contributed by atoms with Crippen molar-refractivity contribution in [2.45, 2.75) is 13.0 Å². The van der Waals surface area contributed by atoms with Crippen molar-refractivity contribution < 1.29 is 0 Å². The lowest BCUT2D eigenvalue weighted by Gasteiger charge is -2.00. The van der Waals surface area contributed by atoms with Crippen LogP contribution in [0, 0.1) is 22.7 Å². The molecule has 0 saturated heterocycles. The fraction of sp³-hybridized carbons (Fsp3) is 0.100. The quantitative estimate of drug-likeness (QED) is 0.666. The largest absolute Gasteiger partial charge is 0.270 e. The number of aromatic nitrogens is 3. The molecule has 2 aromatic heterocycles. The van der Waals surface area contributed by atoms with Gasteiger partial charge in [-0.3, -0.25) is 9.67 Å². The van der Waals surface area contributed by atoms with E-state index in [1.807, 2.05) is 48.7 Å².